The summed E-state index contributed by atoms with van der Waals surface area (Å²) >= 11 is 4.75. The van der Waals surface area contributed by atoms with Crippen LogP contribution in [-0.2, 0) is 4.79 Å². The second kappa shape index (κ2) is 6.23. The highest BCUT2D eigenvalue weighted by molar-refractivity contribution is 9.10. The first kappa shape index (κ1) is 14.8. The van der Waals surface area contributed by atoms with Crippen molar-refractivity contribution in [1.82, 2.24) is 10.6 Å². The van der Waals surface area contributed by atoms with Gasteiger partial charge in [-0.1, -0.05) is 15.9 Å². The molecule has 0 saturated heterocycles. The van der Waals surface area contributed by atoms with Crippen LogP contribution in [0.4, 0.5) is 5.69 Å². The van der Waals surface area contributed by atoms with Gasteiger partial charge in [0.2, 0.25) is 5.91 Å². The van der Waals surface area contributed by atoms with Crippen LogP contribution >= 0.6 is 27.3 Å². The summed E-state index contributed by atoms with van der Waals surface area (Å²) in [4.78, 5) is 23.3. The van der Waals surface area contributed by atoms with E-state index in [4.69, 9.17) is 5.73 Å². The van der Waals surface area contributed by atoms with Crippen LogP contribution in [0.25, 0.3) is 10.1 Å². The van der Waals surface area contributed by atoms with Gasteiger partial charge >= 0.3 is 0 Å². The third-order valence-corrected chi connectivity index (χ3v) is 4.36. The van der Waals surface area contributed by atoms with Crippen LogP contribution in [0.5, 0.6) is 0 Å². The van der Waals surface area contributed by atoms with Crippen molar-refractivity contribution in [2.75, 3.05) is 18.8 Å². The van der Waals surface area contributed by atoms with Gasteiger partial charge in [0, 0.05) is 34.6 Å². The molecule has 0 spiro atoms. The summed E-state index contributed by atoms with van der Waals surface area (Å²) in [6.45, 7) is 2.21. The highest BCUT2D eigenvalue weighted by Crippen LogP contribution is 2.35. The second-order valence-corrected chi connectivity index (χ2v) is 6.19. The van der Waals surface area contributed by atoms with E-state index >= 15 is 0 Å². The first-order chi connectivity index (χ1) is 9.49. The summed E-state index contributed by atoms with van der Waals surface area (Å²) in [5, 5.41) is 6.22. The van der Waals surface area contributed by atoms with Crippen LogP contribution in [0.1, 0.15) is 16.6 Å². The fourth-order valence-corrected chi connectivity index (χ4v) is 3.13. The molecule has 0 aliphatic heterocycles. The van der Waals surface area contributed by atoms with Crippen molar-refractivity contribution in [3.63, 3.8) is 0 Å². The number of benzene rings is 1. The van der Waals surface area contributed by atoms with Crippen molar-refractivity contribution in [2.24, 2.45) is 0 Å². The Morgan fingerprint density at radius 1 is 1.30 bits per heavy atom. The highest BCUT2D eigenvalue weighted by atomic mass is 79.9. The van der Waals surface area contributed by atoms with Gasteiger partial charge in [0.05, 0.1) is 5.69 Å². The predicted octanol–water partition coefficient (Wildman–Crippen LogP) is 2.11. The molecule has 0 aliphatic rings. The SMILES string of the molecule is CC(=O)NCCNC(=O)c1sc2ccc(Br)cc2c1N. The summed E-state index contributed by atoms with van der Waals surface area (Å²) in [7, 11) is 0. The number of halogens is 1. The van der Waals surface area contributed by atoms with E-state index in [1.165, 1.54) is 18.3 Å². The maximum atomic E-state index is 12.1. The van der Waals surface area contributed by atoms with E-state index in [0.29, 0.717) is 23.7 Å². The van der Waals surface area contributed by atoms with Crippen molar-refractivity contribution >= 4 is 54.9 Å². The van der Waals surface area contributed by atoms with E-state index in [1.807, 2.05) is 18.2 Å². The zero-order valence-electron chi connectivity index (χ0n) is 10.8. The first-order valence-electron chi connectivity index (χ1n) is 5.99. The third-order valence-electron chi connectivity index (χ3n) is 2.68. The number of hydrogen-bond acceptors (Lipinski definition) is 4. The fraction of sp³-hybridized carbons (Fsp3) is 0.231. The lowest BCUT2D eigenvalue weighted by molar-refractivity contribution is -0.118. The van der Waals surface area contributed by atoms with E-state index in [1.54, 1.807) is 0 Å². The molecule has 0 atom stereocenters. The van der Waals surface area contributed by atoms with Crippen LogP contribution in [0.15, 0.2) is 22.7 Å². The summed E-state index contributed by atoms with van der Waals surface area (Å²) in [5.41, 5.74) is 6.51. The van der Waals surface area contributed by atoms with Crippen molar-refractivity contribution in [1.29, 1.82) is 0 Å². The van der Waals surface area contributed by atoms with Crippen LogP contribution in [0.3, 0.4) is 0 Å². The molecule has 2 aromatic rings. The molecular weight excluding hydrogens is 342 g/mol. The number of carbonyl (C=O) groups is 2. The minimum atomic E-state index is -0.217. The average Bonchev–Trinajstić information content (AvgIpc) is 2.72. The standard InChI is InChI=1S/C13H14BrN3O2S/c1-7(18)16-4-5-17-13(19)12-11(15)9-6-8(14)2-3-10(9)20-12/h2-3,6H,4-5,15H2,1H3,(H,16,18)(H,17,19). The Morgan fingerprint density at radius 3 is 2.70 bits per heavy atom. The smallest absolute Gasteiger partial charge is 0.263 e. The zero-order valence-corrected chi connectivity index (χ0v) is 13.2. The van der Waals surface area contributed by atoms with Crippen LogP contribution < -0.4 is 16.4 Å². The van der Waals surface area contributed by atoms with Gasteiger partial charge < -0.3 is 16.4 Å². The normalized spacial score (nSPS) is 10.5. The lowest BCUT2D eigenvalue weighted by Gasteiger charge is -2.04. The van der Waals surface area contributed by atoms with E-state index in [9.17, 15) is 9.59 Å². The topological polar surface area (TPSA) is 84.2 Å². The van der Waals surface area contributed by atoms with E-state index < -0.39 is 0 Å². The van der Waals surface area contributed by atoms with Gasteiger partial charge in [-0.3, -0.25) is 9.59 Å². The largest absolute Gasteiger partial charge is 0.397 e. The maximum Gasteiger partial charge on any atom is 0.263 e. The number of thiophene rings is 1. The number of amides is 2. The van der Waals surface area contributed by atoms with Gasteiger partial charge in [-0.25, -0.2) is 0 Å². The molecule has 1 aromatic carbocycles. The summed E-state index contributed by atoms with van der Waals surface area (Å²) < 4.78 is 1.89. The van der Waals surface area contributed by atoms with E-state index in [0.717, 1.165) is 14.6 Å². The first-order valence-corrected chi connectivity index (χ1v) is 7.60. The molecule has 0 unspecified atom stereocenters. The Balaban J connectivity index is 2.10. The number of fused-ring (bicyclic) bond motifs is 1. The number of nitrogens with two attached hydrogens (primary N) is 1. The second-order valence-electron chi connectivity index (χ2n) is 4.22. The molecule has 0 saturated carbocycles. The average molecular weight is 356 g/mol. The molecule has 2 rings (SSSR count). The molecule has 20 heavy (non-hydrogen) atoms. The number of anilines is 1. The molecule has 0 radical (unpaired) electrons. The van der Waals surface area contributed by atoms with E-state index in [-0.39, 0.29) is 11.8 Å². The summed E-state index contributed by atoms with van der Waals surface area (Å²) in [6.07, 6.45) is 0. The minimum Gasteiger partial charge on any atom is -0.397 e. The zero-order chi connectivity index (χ0) is 14.7. The lowest BCUT2D eigenvalue weighted by Crippen LogP contribution is -2.33. The predicted molar refractivity (Wildman–Crippen MR) is 85.0 cm³/mol. The van der Waals surface area contributed by atoms with Gasteiger partial charge in [0.15, 0.2) is 0 Å². The molecule has 1 heterocycles. The van der Waals surface area contributed by atoms with E-state index in [2.05, 4.69) is 26.6 Å². The Labute approximate surface area is 128 Å². The van der Waals surface area contributed by atoms with Gasteiger partial charge in [-0.2, -0.15) is 0 Å². The fourth-order valence-electron chi connectivity index (χ4n) is 1.75. The number of nitrogen functional groups attached to an aromatic ring is 1. The van der Waals surface area contributed by atoms with Gasteiger partial charge in [0.25, 0.3) is 5.91 Å². The van der Waals surface area contributed by atoms with Crippen LogP contribution in [-0.4, -0.2) is 24.9 Å². The Morgan fingerprint density at radius 2 is 2.00 bits per heavy atom. The monoisotopic (exact) mass is 355 g/mol. The Kier molecular flexibility index (Phi) is 4.61. The van der Waals surface area contributed by atoms with Crippen molar-refractivity contribution in [2.45, 2.75) is 6.92 Å². The Bertz CT molecular complexity index is 669. The van der Waals surface area contributed by atoms with Gasteiger partial charge in [0.1, 0.15) is 4.88 Å². The van der Waals surface area contributed by atoms with Crippen molar-refractivity contribution in [3.05, 3.63) is 27.5 Å². The molecule has 106 valence electrons. The molecule has 0 fully saturated rings. The Hall–Kier alpha value is -1.60. The third kappa shape index (κ3) is 3.29. The lowest BCUT2D eigenvalue weighted by atomic mass is 10.2. The van der Waals surface area contributed by atoms with Crippen LogP contribution in [0, 0.1) is 0 Å². The minimum absolute atomic E-state index is 0.120. The molecule has 0 bridgehead atoms. The summed E-state index contributed by atoms with van der Waals surface area (Å²) in [6, 6.07) is 5.74. The number of hydrogen-bond donors (Lipinski definition) is 3. The van der Waals surface area contributed by atoms with Crippen molar-refractivity contribution < 1.29 is 9.59 Å². The molecule has 7 heteroatoms. The maximum absolute atomic E-state index is 12.1. The number of rotatable bonds is 4. The van der Waals surface area contributed by atoms with Gasteiger partial charge in [-0.15, -0.1) is 11.3 Å². The van der Waals surface area contributed by atoms with Gasteiger partial charge in [-0.05, 0) is 18.2 Å². The molecular formula is C13H14BrN3O2S. The quantitative estimate of drug-likeness (QED) is 0.734. The highest BCUT2D eigenvalue weighted by Gasteiger charge is 2.16. The molecule has 5 nitrogen and oxygen atoms in total. The molecule has 1 aromatic heterocycles. The molecule has 0 aliphatic carbocycles. The summed E-state index contributed by atoms with van der Waals surface area (Å²) in [5.74, 6) is -0.337. The number of carbonyl (C=O) groups excluding carboxylic acids is 2. The molecule has 4 N–H and O–H groups in total. The van der Waals surface area contributed by atoms with Crippen molar-refractivity contribution in [3.8, 4) is 0 Å². The molecule has 2 amide bonds. The number of nitrogens with one attached hydrogen (secondary N) is 2. The van der Waals surface area contributed by atoms with Crippen LogP contribution in [0.2, 0.25) is 0 Å².